The second-order valence-electron chi connectivity index (χ2n) is 19.5. The third-order valence-electron chi connectivity index (χ3n) is 12.5. The zero-order valence-corrected chi connectivity index (χ0v) is 46.5. The van der Waals surface area contributed by atoms with Crippen LogP contribution in [0.25, 0.3) is 0 Å². The van der Waals surface area contributed by atoms with E-state index in [1.54, 1.807) is 0 Å². The van der Waals surface area contributed by atoms with Gasteiger partial charge in [-0.3, -0.25) is 14.4 Å². The minimum absolute atomic E-state index is 0.0856. The maximum atomic E-state index is 12.8. The maximum absolute atomic E-state index is 12.8. The van der Waals surface area contributed by atoms with Crippen LogP contribution in [-0.2, 0) is 28.6 Å². The van der Waals surface area contributed by atoms with Crippen LogP contribution in [-0.4, -0.2) is 37.2 Å². The molecule has 6 nitrogen and oxygen atoms in total. The van der Waals surface area contributed by atoms with Crippen molar-refractivity contribution in [2.45, 2.75) is 284 Å². The molecule has 0 aromatic heterocycles. The second-order valence-corrected chi connectivity index (χ2v) is 19.5. The fourth-order valence-electron chi connectivity index (χ4n) is 8.08. The van der Waals surface area contributed by atoms with Gasteiger partial charge in [0.05, 0.1) is 0 Å². The molecule has 0 aliphatic rings. The summed E-state index contributed by atoms with van der Waals surface area (Å²) < 4.78 is 16.8. The van der Waals surface area contributed by atoms with Crippen molar-refractivity contribution in [2.24, 2.45) is 0 Å². The Morgan fingerprint density at radius 2 is 0.577 bits per heavy atom. The van der Waals surface area contributed by atoms with E-state index in [1.165, 1.54) is 109 Å². The first kappa shape index (κ1) is 67.3. The van der Waals surface area contributed by atoms with Gasteiger partial charge in [0.25, 0.3) is 0 Å². The molecule has 0 saturated heterocycles. The Hall–Kier alpha value is -3.67. The van der Waals surface area contributed by atoms with Crippen molar-refractivity contribution in [1.82, 2.24) is 0 Å². The molecule has 0 spiro atoms. The van der Waals surface area contributed by atoms with Crippen molar-refractivity contribution in [1.29, 1.82) is 0 Å². The van der Waals surface area contributed by atoms with E-state index < -0.39 is 6.10 Å². The van der Waals surface area contributed by atoms with E-state index in [4.69, 9.17) is 14.2 Å². The molecule has 0 aromatic carbocycles. The molecule has 0 amide bonds. The minimum Gasteiger partial charge on any atom is -0.462 e. The lowest BCUT2D eigenvalue weighted by molar-refractivity contribution is -0.167. The van der Waals surface area contributed by atoms with Gasteiger partial charge in [-0.1, -0.05) is 246 Å². The van der Waals surface area contributed by atoms with Crippen LogP contribution in [0.3, 0.4) is 0 Å². The van der Waals surface area contributed by atoms with Crippen molar-refractivity contribution in [3.05, 3.63) is 97.2 Å². The SMILES string of the molecule is CC/C=C\C/C=C\C/C=C\C/C=C\C/C=C\CCCCCCCCCCCCCCCC(=O)OCC(COC(=O)CCCCCCC/C=C\CCCC)OC(=O)CCCCCCC/C=C\C/C=C\CCC. The average molecular weight is 988 g/mol. The van der Waals surface area contributed by atoms with Gasteiger partial charge in [-0.25, -0.2) is 0 Å². The number of ether oxygens (including phenoxy) is 3. The lowest BCUT2D eigenvalue weighted by Gasteiger charge is -2.18. The molecule has 6 heteroatoms. The number of allylic oxidation sites excluding steroid dienone is 16. The zero-order chi connectivity index (χ0) is 51.4. The van der Waals surface area contributed by atoms with Gasteiger partial charge in [0.1, 0.15) is 13.2 Å². The number of esters is 3. The molecule has 0 rings (SSSR count). The summed E-state index contributed by atoms with van der Waals surface area (Å²) in [5.41, 5.74) is 0. The molecule has 1 unspecified atom stereocenters. The molecule has 0 N–H and O–H groups in total. The molecule has 0 bridgehead atoms. The number of rotatable bonds is 53. The minimum atomic E-state index is -0.787. The van der Waals surface area contributed by atoms with E-state index in [0.717, 1.165) is 128 Å². The average Bonchev–Trinajstić information content (AvgIpc) is 3.37. The van der Waals surface area contributed by atoms with Crippen LogP contribution in [0.4, 0.5) is 0 Å². The molecule has 0 aliphatic carbocycles. The summed E-state index contributed by atoms with van der Waals surface area (Å²) in [6, 6.07) is 0. The monoisotopic (exact) mass is 987 g/mol. The van der Waals surface area contributed by atoms with E-state index in [0.29, 0.717) is 19.3 Å². The van der Waals surface area contributed by atoms with Crippen molar-refractivity contribution < 1.29 is 28.6 Å². The molecule has 71 heavy (non-hydrogen) atoms. The molecule has 0 heterocycles. The highest BCUT2D eigenvalue weighted by Crippen LogP contribution is 2.15. The van der Waals surface area contributed by atoms with Crippen LogP contribution in [0.15, 0.2) is 97.2 Å². The highest BCUT2D eigenvalue weighted by Gasteiger charge is 2.19. The van der Waals surface area contributed by atoms with Crippen molar-refractivity contribution in [3.8, 4) is 0 Å². The fourth-order valence-corrected chi connectivity index (χ4v) is 8.08. The van der Waals surface area contributed by atoms with Crippen molar-refractivity contribution >= 4 is 17.9 Å². The van der Waals surface area contributed by atoms with Gasteiger partial charge < -0.3 is 14.2 Å². The van der Waals surface area contributed by atoms with Crippen molar-refractivity contribution in [2.75, 3.05) is 13.2 Å². The smallest absolute Gasteiger partial charge is 0.306 e. The Labute approximate surface area is 438 Å². The number of carbonyl (C=O) groups excluding carboxylic acids is 3. The van der Waals surface area contributed by atoms with Crippen molar-refractivity contribution in [3.63, 3.8) is 0 Å². The summed E-state index contributed by atoms with van der Waals surface area (Å²) in [6.07, 6.45) is 78.4. The van der Waals surface area contributed by atoms with Crippen LogP contribution in [0.1, 0.15) is 278 Å². The Bertz CT molecular complexity index is 1410. The number of carbonyl (C=O) groups is 3. The van der Waals surface area contributed by atoms with Gasteiger partial charge in [0.2, 0.25) is 0 Å². The highest BCUT2D eigenvalue weighted by molar-refractivity contribution is 5.71. The number of unbranched alkanes of at least 4 members (excludes halogenated alkanes) is 26. The van der Waals surface area contributed by atoms with Crippen LogP contribution >= 0.6 is 0 Å². The fraction of sp³-hybridized carbons (Fsp3) is 0.708. The first-order valence-electron chi connectivity index (χ1n) is 29.7. The van der Waals surface area contributed by atoms with E-state index in [9.17, 15) is 14.4 Å². The first-order valence-corrected chi connectivity index (χ1v) is 29.7. The first-order chi connectivity index (χ1) is 35.0. The predicted molar refractivity (Wildman–Crippen MR) is 307 cm³/mol. The third-order valence-corrected chi connectivity index (χ3v) is 12.5. The Morgan fingerprint density at radius 1 is 0.296 bits per heavy atom. The summed E-state index contributed by atoms with van der Waals surface area (Å²) in [7, 11) is 0. The molecule has 1 atom stereocenters. The summed E-state index contributed by atoms with van der Waals surface area (Å²) in [5.74, 6) is -0.908. The van der Waals surface area contributed by atoms with E-state index in [1.807, 2.05) is 0 Å². The molecule has 0 saturated carbocycles. The molecule has 0 aromatic rings. The molecular weight excluding hydrogens is 877 g/mol. The Kier molecular flexibility index (Phi) is 55.9. The molecule has 0 radical (unpaired) electrons. The maximum Gasteiger partial charge on any atom is 0.306 e. The third kappa shape index (κ3) is 57.1. The molecular formula is C65H110O6. The van der Waals surface area contributed by atoms with Crippen LogP contribution in [0.2, 0.25) is 0 Å². The zero-order valence-electron chi connectivity index (χ0n) is 46.5. The van der Waals surface area contributed by atoms with Gasteiger partial charge in [-0.15, -0.1) is 0 Å². The lowest BCUT2D eigenvalue weighted by atomic mass is 10.0. The van der Waals surface area contributed by atoms with Gasteiger partial charge in [0, 0.05) is 19.3 Å². The standard InChI is InChI=1S/C65H110O6/c1-4-7-10-13-16-19-22-24-25-26-27-28-29-30-31-32-33-34-35-36-37-38-39-41-43-46-49-52-55-58-64(67)70-61-62(60-69-63(66)57-54-51-48-45-42-21-18-15-12-9-6-3)71-65(68)59-56-53-50-47-44-40-23-20-17-14-11-8-5-2/h7,10-11,14-16,18-20,23-25,27-28,30-31,62H,4-6,8-9,12-13,17,21-22,26,29,32-61H2,1-3H3/b10-7-,14-11-,18-15-,19-16-,23-20-,25-24-,28-27-,31-30-. The lowest BCUT2D eigenvalue weighted by Crippen LogP contribution is -2.30. The molecule has 0 fully saturated rings. The number of hydrogen-bond acceptors (Lipinski definition) is 6. The van der Waals surface area contributed by atoms with Gasteiger partial charge >= 0.3 is 17.9 Å². The van der Waals surface area contributed by atoms with Gasteiger partial charge in [-0.05, 0) is 109 Å². The Balaban J connectivity index is 4.19. The summed E-state index contributed by atoms with van der Waals surface area (Å²) in [5, 5.41) is 0. The quantitative estimate of drug-likeness (QED) is 0.0261. The number of hydrogen-bond donors (Lipinski definition) is 0. The van der Waals surface area contributed by atoms with Gasteiger partial charge in [-0.2, -0.15) is 0 Å². The largest absolute Gasteiger partial charge is 0.462 e. The van der Waals surface area contributed by atoms with E-state index >= 15 is 0 Å². The van der Waals surface area contributed by atoms with Crippen LogP contribution < -0.4 is 0 Å². The summed E-state index contributed by atoms with van der Waals surface area (Å²) >= 11 is 0. The predicted octanol–water partition coefficient (Wildman–Crippen LogP) is 20.1. The van der Waals surface area contributed by atoms with Gasteiger partial charge in [0.15, 0.2) is 6.10 Å². The van der Waals surface area contributed by atoms with E-state index in [2.05, 4.69) is 118 Å². The normalized spacial score (nSPS) is 12.8. The van der Waals surface area contributed by atoms with Crippen LogP contribution in [0.5, 0.6) is 0 Å². The molecule has 406 valence electrons. The topological polar surface area (TPSA) is 78.9 Å². The highest BCUT2D eigenvalue weighted by atomic mass is 16.6. The Morgan fingerprint density at radius 3 is 0.930 bits per heavy atom. The summed E-state index contributed by atoms with van der Waals surface area (Å²) in [4.78, 5) is 38.1. The molecule has 0 aliphatic heterocycles. The van der Waals surface area contributed by atoms with E-state index in [-0.39, 0.29) is 31.1 Å². The van der Waals surface area contributed by atoms with Crippen LogP contribution in [0, 0.1) is 0 Å². The summed E-state index contributed by atoms with van der Waals surface area (Å²) in [6.45, 7) is 6.41. The second kappa shape index (κ2) is 58.9.